The van der Waals surface area contributed by atoms with Crippen molar-refractivity contribution < 1.29 is 9.47 Å². The second-order valence-electron chi connectivity index (χ2n) is 8.10. The van der Waals surface area contributed by atoms with Gasteiger partial charge in [-0.25, -0.2) is 0 Å². The number of hydrogen-bond donors (Lipinski definition) is 0. The lowest BCUT2D eigenvalue weighted by Crippen LogP contribution is -2.28. The second-order valence-corrected chi connectivity index (χ2v) is 8.89. The average Bonchev–Trinajstić information content (AvgIpc) is 2.84. The summed E-state index contributed by atoms with van der Waals surface area (Å²) < 4.78 is 12.6. The van der Waals surface area contributed by atoms with Crippen LogP contribution in [0.1, 0.15) is 41.7 Å². The van der Waals surface area contributed by atoms with Crippen LogP contribution in [0.4, 0.5) is 0 Å². The first-order chi connectivity index (χ1) is 16.0. The molecule has 0 aromatic heterocycles. The maximum Gasteiger partial charge on any atom is 0.125 e. The van der Waals surface area contributed by atoms with Gasteiger partial charge in [0.25, 0.3) is 0 Å². The molecule has 0 heterocycles. The predicted molar refractivity (Wildman–Crippen MR) is 143 cm³/mol. The maximum atomic E-state index is 6.23. The third-order valence-electron chi connectivity index (χ3n) is 5.92. The van der Waals surface area contributed by atoms with Crippen LogP contribution in [0.25, 0.3) is 10.1 Å². The van der Waals surface area contributed by atoms with E-state index in [0.29, 0.717) is 6.61 Å². The van der Waals surface area contributed by atoms with Gasteiger partial charge in [0.2, 0.25) is 0 Å². The van der Waals surface area contributed by atoms with E-state index in [1.165, 1.54) is 0 Å². The van der Waals surface area contributed by atoms with E-state index < -0.39 is 0 Å². The van der Waals surface area contributed by atoms with E-state index in [-0.39, 0.29) is 0 Å². The van der Waals surface area contributed by atoms with Crippen LogP contribution in [-0.4, -0.2) is 38.3 Å². The first kappa shape index (κ1) is 25.1. The van der Waals surface area contributed by atoms with E-state index in [1.807, 2.05) is 18.2 Å². The summed E-state index contributed by atoms with van der Waals surface area (Å²) in [6.45, 7) is 12.4. The Balaban J connectivity index is 2.01. The zero-order chi connectivity index (χ0) is 23.8. The van der Waals surface area contributed by atoms with Gasteiger partial charge in [0.05, 0.1) is 7.11 Å². The highest BCUT2D eigenvalue weighted by molar-refractivity contribution is 9.15. The van der Waals surface area contributed by atoms with Crippen molar-refractivity contribution in [3.05, 3.63) is 94.5 Å². The molecule has 3 aromatic rings. The molecule has 0 atom stereocenters. The first-order valence-electron chi connectivity index (χ1n) is 11.5. The molecule has 0 spiro atoms. The Kier molecular flexibility index (Phi) is 9.16. The van der Waals surface area contributed by atoms with E-state index in [9.17, 15) is 0 Å². The molecule has 174 valence electrons. The fourth-order valence-electron chi connectivity index (χ4n) is 4.05. The van der Waals surface area contributed by atoms with Crippen LogP contribution >= 0.6 is 15.9 Å². The van der Waals surface area contributed by atoms with Gasteiger partial charge in [0, 0.05) is 16.6 Å². The number of ether oxygens (including phenoxy) is 2. The molecule has 0 aliphatic carbocycles. The van der Waals surface area contributed by atoms with E-state index >= 15 is 0 Å². The summed E-state index contributed by atoms with van der Waals surface area (Å²) in [6.07, 6.45) is 0. The van der Waals surface area contributed by atoms with Crippen LogP contribution in [0.5, 0.6) is 11.5 Å². The summed E-state index contributed by atoms with van der Waals surface area (Å²) in [4.78, 5) is 2.38. The molecule has 0 aliphatic heterocycles. The lowest BCUT2D eigenvalue weighted by Gasteiger charge is -2.20. The molecule has 0 saturated carbocycles. The van der Waals surface area contributed by atoms with Crippen molar-refractivity contribution in [3.8, 4) is 11.5 Å². The minimum atomic E-state index is 0.694. The highest BCUT2D eigenvalue weighted by Crippen LogP contribution is 2.39. The van der Waals surface area contributed by atoms with Crippen molar-refractivity contribution in [1.82, 2.24) is 4.90 Å². The van der Waals surface area contributed by atoms with Gasteiger partial charge in [0.15, 0.2) is 0 Å². The molecule has 0 N–H and O–H groups in total. The smallest absolute Gasteiger partial charge is 0.125 e. The van der Waals surface area contributed by atoms with Gasteiger partial charge in [-0.05, 0) is 94.9 Å². The number of hydrogen-bond acceptors (Lipinski definition) is 3. The molecule has 0 bridgehead atoms. The number of halogens is 1. The Bertz CT molecular complexity index is 1050. The molecule has 0 fully saturated rings. The predicted octanol–water partition coefficient (Wildman–Crippen LogP) is 7.34. The molecule has 0 radical (unpaired) electrons. The summed E-state index contributed by atoms with van der Waals surface area (Å²) in [5.74, 6) is 1.83. The van der Waals surface area contributed by atoms with Crippen molar-refractivity contribution in [2.24, 2.45) is 0 Å². The van der Waals surface area contributed by atoms with Crippen LogP contribution in [-0.2, 0) is 0 Å². The van der Waals surface area contributed by atoms with E-state index in [4.69, 9.17) is 9.47 Å². The normalized spacial score (nSPS) is 12.0. The third-order valence-corrected chi connectivity index (χ3v) is 6.78. The Morgan fingerprint density at radius 1 is 0.818 bits per heavy atom. The van der Waals surface area contributed by atoms with Gasteiger partial charge in [-0.1, -0.05) is 56.3 Å². The topological polar surface area (TPSA) is 21.7 Å². The first-order valence-corrected chi connectivity index (χ1v) is 12.3. The molecule has 3 aromatic carbocycles. The van der Waals surface area contributed by atoms with Crippen LogP contribution in [0.15, 0.2) is 66.7 Å². The van der Waals surface area contributed by atoms with Gasteiger partial charge in [0.1, 0.15) is 18.1 Å². The number of benzene rings is 3. The Morgan fingerprint density at radius 2 is 1.42 bits per heavy atom. The summed E-state index contributed by atoms with van der Waals surface area (Å²) in [5, 5.41) is 0. The monoisotopic (exact) mass is 507 g/mol. The van der Waals surface area contributed by atoms with Crippen molar-refractivity contribution in [3.63, 3.8) is 0 Å². The summed E-state index contributed by atoms with van der Waals surface area (Å²) in [6, 6.07) is 23.1. The molecular formula is C29H34BrNO2. The van der Waals surface area contributed by atoms with Crippen molar-refractivity contribution in [1.29, 1.82) is 0 Å². The van der Waals surface area contributed by atoms with Crippen LogP contribution in [0, 0.1) is 13.8 Å². The Hall–Kier alpha value is -2.56. The summed E-state index contributed by atoms with van der Waals surface area (Å²) in [7, 11) is 1.69. The van der Waals surface area contributed by atoms with Crippen molar-refractivity contribution >= 4 is 26.0 Å². The van der Waals surface area contributed by atoms with Crippen molar-refractivity contribution in [2.45, 2.75) is 27.7 Å². The number of methoxy groups -OCH3 is 1. The molecule has 0 saturated heterocycles. The second kappa shape index (κ2) is 12.1. The molecule has 3 rings (SSSR count). The quantitative estimate of drug-likeness (QED) is 0.268. The summed E-state index contributed by atoms with van der Waals surface area (Å²) >= 11 is 3.92. The van der Waals surface area contributed by atoms with Crippen LogP contribution < -0.4 is 9.47 Å². The van der Waals surface area contributed by atoms with Crippen molar-refractivity contribution in [2.75, 3.05) is 33.4 Å². The van der Waals surface area contributed by atoms with Gasteiger partial charge >= 0.3 is 0 Å². The molecule has 3 nitrogen and oxygen atoms in total. The maximum absolute atomic E-state index is 6.23. The third kappa shape index (κ3) is 6.27. The fourth-order valence-corrected chi connectivity index (χ4v) is 4.77. The van der Waals surface area contributed by atoms with E-state index in [1.54, 1.807) is 7.11 Å². The number of aryl methyl sites for hydroxylation is 2. The van der Waals surface area contributed by atoms with Gasteiger partial charge in [-0.2, -0.15) is 0 Å². The minimum Gasteiger partial charge on any atom is -0.497 e. The van der Waals surface area contributed by atoms with Gasteiger partial charge in [-0.15, -0.1) is 0 Å². The minimum absolute atomic E-state index is 0.694. The van der Waals surface area contributed by atoms with Crippen LogP contribution in [0.2, 0.25) is 0 Å². The molecule has 0 aliphatic rings. The number of nitrogens with zero attached hydrogens (tertiary/aromatic N) is 1. The zero-order valence-electron chi connectivity index (χ0n) is 20.3. The summed E-state index contributed by atoms with van der Waals surface area (Å²) in [5.41, 5.74) is 6.87. The van der Waals surface area contributed by atoms with E-state index in [0.717, 1.165) is 69.0 Å². The highest BCUT2D eigenvalue weighted by atomic mass is 79.9. The highest BCUT2D eigenvalue weighted by Gasteiger charge is 2.16. The number of rotatable bonds is 10. The molecular weight excluding hydrogens is 474 g/mol. The molecule has 4 heteroatoms. The Labute approximate surface area is 207 Å². The lowest BCUT2D eigenvalue weighted by atomic mass is 9.93. The van der Waals surface area contributed by atoms with Gasteiger partial charge < -0.3 is 14.4 Å². The zero-order valence-corrected chi connectivity index (χ0v) is 21.9. The van der Waals surface area contributed by atoms with E-state index in [2.05, 4.69) is 97.1 Å². The lowest BCUT2D eigenvalue weighted by molar-refractivity contribution is 0.221. The Morgan fingerprint density at radius 3 is 1.97 bits per heavy atom. The fraction of sp³-hybridized carbons (Fsp3) is 0.310. The standard InChI is InChI=1S/C29H34BrNO2/c1-6-31(7-2)17-18-33-29-21(3)19-25(20-22(29)4)27(23-11-9-8-10-12-23)28(30)24-13-15-26(32-5)16-14-24/h8-16,19-20H,6-7,17-18H2,1-5H3/b28-27+. The average molecular weight is 509 g/mol. The molecule has 0 amide bonds. The SMILES string of the molecule is CCN(CC)CCOc1c(C)cc(/C(=C(/Br)c2ccc(OC)cc2)c2ccccc2)cc1C. The number of likely N-dealkylation sites (N-methyl/N-ethyl adjacent to an activating group) is 1. The van der Waals surface area contributed by atoms with Gasteiger partial charge in [-0.3, -0.25) is 0 Å². The largest absolute Gasteiger partial charge is 0.497 e. The molecule has 33 heavy (non-hydrogen) atoms. The van der Waals surface area contributed by atoms with Crippen LogP contribution in [0.3, 0.4) is 0 Å². The molecule has 0 unspecified atom stereocenters.